The van der Waals surface area contributed by atoms with Gasteiger partial charge in [0.2, 0.25) is 0 Å². The Bertz CT molecular complexity index is 590. The standard InChI is InChI=1S/C15H20N2O3/c1-17(2)10-12-11-6-3-4-7-13(11)20-14(12)15(19)16-8-5-9-18/h3-4,6-7,18H,5,8-10H2,1-2H3,(H,16,19). The van der Waals surface area contributed by atoms with E-state index in [-0.39, 0.29) is 12.5 Å². The minimum Gasteiger partial charge on any atom is -0.451 e. The quantitative estimate of drug-likeness (QED) is 0.787. The summed E-state index contributed by atoms with van der Waals surface area (Å²) in [6, 6.07) is 7.64. The number of para-hydroxylation sites is 1. The summed E-state index contributed by atoms with van der Waals surface area (Å²) in [5, 5.41) is 12.5. The number of nitrogens with zero attached hydrogens (tertiary/aromatic N) is 1. The van der Waals surface area contributed by atoms with Gasteiger partial charge in [-0.25, -0.2) is 0 Å². The van der Waals surface area contributed by atoms with Crippen LogP contribution >= 0.6 is 0 Å². The molecule has 0 unspecified atom stereocenters. The SMILES string of the molecule is CN(C)Cc1c(C(=O)NCCCO)oc2ccccc12. The maximum atomic E-state index is 12.2. The van der Waals surface area contributed by atoms with Crippen molar-refractivity contribution in [3.63, 3.8) is 0 Å². The van der Waals surface area contributed by atoms with Gasteiger partial charge >= 0.3 is 0 Å². The molecule has 0 atom stereocenters. The number of fused-ring (bicyclic) bond motifs is 1. The minimum atomic E-state index is -0.230. The number of amides is 1. The van der Waals surface area contributed by atoms with Crippen molar-refractivity contribution in [2.75, 3.05) is 27.2 Å². The smallest absolute Gasteiger partial charge is 0.287 e. The molecule has 2 N–H and O–H groups in total. The Labute approximate surface area is 118 Å². The van der Waals surface area contributed by atoms with Gasteiger partial charge in [-0.05, 0) is 26.6 Å². The van der Waals surface area contributed by atoms with Gasteiger partial charge in [-0.15, -0.1) is 0 Å². The summed E-state index contributed by atoms with van der Waals surface area (Å²) in [5.41, 5.74) is 1.61. The fraction of sp³-hybridized carbons (Fsp3) is 0.400. The van der Waals surface area contributed by atoms with Crippen LogP contribution in [0.2, 0.25) is 0 Å². The molecule has 0 aliphatic rings. The molecule has 1 heterocycles. The topological polar surface area (TPSA) is 65.7 Å². The van der Waals surface area contributed by atoms with E-state index in [0.717, 1.165) is 16.5 Å². The predicted molar refractivity (Wildman–Crippen MR) is 77.6 cm³/mol. The fourth-order valence-corrected chi connectivity index (χ4v) is 2.12. The molecule has 0 bridgehead atoms. The Morgan fingerprint density at radius 3 is 2.80 bits per heavy atom. The third kappa shape index (κ3) is 3.18. The summed E-state index contributed by atoms with van der Waals surface area (Å²) >= 11 is 0. The second kappa shape index (κ2) is 6.54. The maximum Gasteiger partial charge on any atom is 0.287 e. The highest BCUT2D eigenvalue weighted by atomic mass is 16.3. The lowest BCUT2D eigenvalue weighted by Crippen LogP contribution is -2.26. The molecule has 1 aromatic carbocycles. The van der Waals surface area contributed by atoms with Gasteiger partial charge in [0.1, 0.15) is 5.58 Å². The van der Waals surface area contributed by atoms with Crippen molar-refractivity contribution in [3.8, 4) is 0 Å². The maximum absolute atomic E-state index is 12.2. The molecule has 1 aromatic heterocycles. The summed E-state index contributed by atoms with van der Waals surface area (Å²) in [7, 11) is 3.91. The molecule has 0 saturated heterocycles. The Kier molecular flexibility index (Phi) is 4.76. The van der Waals surface area contributed by atoms with Crippen LogP contribution in [0.1, 0.15) is 22.5 Å². The second-order valence-corrected chi connectivity index (χ2v) is 4.98. The first-order chi connectivity index (χ1) is 9.63. The Morgan fingerprint density at radius 1 is 1.35 bits per heavy atom. The van der Waals surface area contributed by atoms with Crippen LogP contribution in [0.25, 0.3) is 11.0 Å². The zero-order chi connectivity index (χ0) is 14.5. The molecule has 0 aliphatic carbocycles. The van der Waals surface area contributed by atoms with Gasteiger partial charge in [0.15, 0.2) is 5.76 Å². The number of aliphatic hydroxyl groups is 1. The van der Waals surface area contributed by atoms with Crippen molar-refractivity contribution in [3.05, 3.63) is 35.6 Å². The predicted octanol–water partition coefficient (Wildman–Crippen LogP) is 1.61. The number of benzene rings is 1. The first-order valence-electron chi connectivity index (χ1n) is 6.67. The number of hydrogen-bond acceptors (Lipinski definition) is 4. The van der Waals surface area contributed by atoms with Crippen LogP contribution in [0.3, 0.4) is 0 Å². The summed E-state index contributed by atoms with van der Waals surface area (Å²) < 4.78 is 5.69. The number of furan rings is 1. The molecule has 20 heavy (non-hydrogen) atoms. The fourth-order valence-electron chi connectivity index (χ4n) is 2.12. The van der Waals surface area contributed by atoms with Gasteiger partial charge < -0.3 is 19.7 Å². The first kappa shape index (κ1) is 14.6. The number of rotatable bonds is 6. The number of carbonyl (C=O) groups excluding carboxylic acids is 1. The zero-order valence-corrected chi connectivity index (χ0v) is 11.8. The number of aliphatic hydroxyl groups excluding tert-OH is 1. The average Bonchev–Trinajstić information content (AvgIpc) is 2.77. The third-order valence-corrected chi connectivity index (χ3v) is 3.00. The van der Waals surface area contributed by atoms with Gasteiger partial charge in [-0.1, -0.05) is 18.2 Å². The molecule has 0 aliphatic heterocycles. The molecule has 1 amide bonds. The van der Waals surface area contributed by atoms with Crippen LogP contribution in [-0.2, 0) is 6.54 Å². The van der Waals surface area contributed by atoms with Crippen molar-refractivity contribution >= 4 is 16.9 Å². The largest absolute Gasteiger partial charge is 0.451 e. The van der Waals surface area contributed by atoms with E-state index in [1.807, 2.05) is 43.3 Å². The lowest BCUT2D eigenvalue weighted by molar-refractivity contribution is 0.0923. The van der Waals surface area contributed by atoms with Crippen LogP contribution in [-0.4, -0.2) is 43.2 Å². The van der Waals surface area contributed by atoms with Crippen molar-refractivity contribution < 1.29 is 14.3 Å². The summed E-state index contributed by atoms with van der Waals surface area (Å²) in [6.07, 6.45) is 0.537. The van der Waals surface area contributed by atoms with Crippen LogP contribution in [0.15, 0.2) is 28.7 Å². The highest BCUT2D eigenvalue weighted by molar-refractivity contribution is 5.99. The van der Waals surface area contributed by atoms with Gasteiger partial charge in [-0.2, -0.15) is 0 Å². The molecule has 2 aromatic rings. The first-order valence-corrected chi connectivity index (χ1v) is 6.67. The molecule has 2 rings (SSSR count). The van der Waals surface area contributed by atoms with Gasteiger partial charge in [0.25, 0.3) is 5.91 Å². The van der Waals surface area contributed by atoms with Crippen molar-refractivity contribution in [1.29, 1.82) is 0 Å². The lowest BCUT2D eigenvalue weighted by Gasteiger charge is -2.10. The number of hydrogen-bond donors (Lipinski definition) is 2. The molecule has 108 valence electrons. The summed E-state index contributed by atoms with van der Waals surface area (Å²) in [5.74, 6) is 0.129. The lowest BCUT2D eigenvalue weighted by atomic mass is 10.1. The Morgan fingerprint density at radius 2 is 2.10 bits per heavy atom. The van der Waals surface area contributed by atoms with E-state index in [1.54, 1.807) is 0 Å². The highest BCUT2D eigenvalue weighted by Gasteiger charge is 2.20. The number of carbonyl (C=O) groups is 1. The van der Waals surface area contributed by atoms with Gasteiger partial charge in [0.05, 0.1) is 0 Å². The molecule has 0 radical (unpaired) electrons. The Balaban J connectivity index is 2.33. The zero-order valence-electron chi connectivity index (χ0n) is 11.8. The van der Waals surface area contributed by atoms with E-state index in [9.17, 15) is 4.79 Å². The summed E-state index contributed by atoms with van der Waals surface area (Å²) in [6.45, 7) is 1.14. The monoisotopic (exact) mass is 276 g/mol. The number of nitrogens with one attached hydrogen (secondary N) is 1. The van der Waals surface area contributed by atoms with E-state index in [2.05, 4.69) is 5.32 Å². The van der Waals surface area contributed by atoms with E-state index in [0.29, 0.717) is 25.3 Å². The van der Waals surface area contributed by atoms with Crippen LogP contribution in [0.5, 0.6) is 0 Å². The molecule has 0 fully saturated rings. The van der Waals surface area contributed by atoms with Crippen LogP contribution in [0.4, 0.5) is 0 Å². The van der Waals surface area contributed by atoms with Crippen LogP contribution < -0.4 is 5.32 Å². The van der Waals surface area contributed by atoms with E-state index in [4.69, 9.17) is 9.52 Å². The van der Waals surface area contributed by atoms with Crippen LogP contribution in [0, 0.1) is 0 Å². The molecule has 5 nitrogen and oxygen atoms in total. The third-order valence-electron chi connectivity index (χ3n) is 3.00. The van der Waals surface area contributed by atoms with Crippen molar-refractivity contribution in [2.45, 2.75) is 13.0 Å². The van der Waals surface area contributed by atoms with Gasteiger partial charge in [-0.3, -0.25) is 4.79 Å². The van der Waals surface area contributed by atoms with Crippen molar-refractivity contribution in [1.82, 2.24) is 10.2 Å². The van der Waals surface area contributed by atoms with E-state index in [1.165, 1.54) is 0 Å². The van der Waals surface area contributed by atoms with Crippen molar-refractivity contribution in [2.24, 2.45) is 0 Å². The Hall–Kier alpha value is -1.85. The average molecular weight is 276 g/mol. The second-order valence-electron chi connectivity index (χ2n) is 4.98. The molecule has 0 spiro atoms. The molecular formula is C15H20N2O3. The van der Waals surface area contributed by atoms with E-state index >= 15 is 0 Å². The van der Waals surface area contributed by atoms with E-state index < -0.39 is 0 Å². The molecule has 0 saturated carbocycles. The van der Waals surface area contributed by atoms with Gasteiger partial charge in [0, 0.05) is 30.6 Å². The normalized spacial score (nSPS) is 11.2. The minimum absolute atomic E-state index is 0.0605. The highest BCUT2D eigenvalue weighted by Crippen LogP contribution is 2.26. The molecular weight excluding hydrogens is 256 g/mol. The summed E-state index contributed by atoms with van der Waals surface area (Å²) in [4.78, 5) is 14.2. The molecule has 5 heteroatoms.